The third-order valence-corrected chi connectivity index (χ3v) is 6.02. The van der Waals surface area contributed by atoms with Crippen LogP contribution in [0.15, 0.2) is 0 Å². The first-order chi connectivity index (χ1) is 9.13. The molecule has 2 aliphatic carbocycles. The second kappa shape index (κ2) is 7.11. The smallest absolute Gasteiger partial charge is 0.00208 e. The summed E-state index contributed by atoms with van der Waals surface area (Å²) in [5.74, 6) is 5.93. The van der Waals surface area contributed by atoms with E-state index in [1.54, 1.807) is 0 Å². The van der Waals surface area contributed by atoms with Gasteiger partial charge in [0.2, 0.25) is 0 Å². The molecule has 0 amide bonds. The van der Waals surface area contributed by atoms with E-state index >= 15 is 0 Å². The zero-order valence-electron chi connectivity index (χ0n) is 13.6. The highest BCUT2D eigenvalue weighted by molar-refractivity contribution is 4.88. The molecule has 5 unspecified atom stereocenters. The molecular weight excluding hydrogens is 230 g/mol. The predicted molar refractivity (Wildman–Crippen MR) is 84.2 cm³/mol. The maximum absolute atomic E-state index is 3.46. The largest absolute Gasteiger partial charge is 0.319 e. The summed E-state index contributed by atoms with van der Waals surface area (Å²) in [4.78, 5) is 0. The Hall–Kier alpha value is -0.0400. The van der Waals surface area contributed by atoms with Crippen LogP contribution in [0, 0.1) is 35.5 Å². The topological polar surface area (TPSA) is 12.0 Å². The zero-order chi connectivity index (χ0) is 13.8. The van der Waals surface area contributed by atoms with Crippen molar-refractivity contribution in [3.63, 3.8) is 0 Å². The van der Waals surface area contributed by atoms with E-state index in [4.69, 9.17) is 0 Å². The maximum atomic E-state index is 3.46. The number of nitrogens with one attached hydrogen (secondary N) is 1. The van der Waals surface area contributed by atoms with Gasteiger partial charge in [-0.05, 0) is 81.2 Å². The molecule has 5 atom stereocenters. The predicted octanol–water partition coefficient (Wildman–Crippen LogP) is 4.72. The molecular formula is C18H35N. The lowest BCUT2D eigenvalue weighted by Crippen LogP contribution is -2.38. The normalized spacial score (nSPS) is 44.2. The third-order valence-electron chi connectivity index (χ3n) is 6.02. The summed E-state index contributed by atoms with van der Waals surface area (Å²) in [6, 6.07) is 0. The van der Waals surface area contributed by atoms with Gasteiger partial charge in [-0.3, -0.25) is 0 Å². The number of rotatable bonds is 4. The Labute approximate surface area is 120 Å². The molecule has 0 bridgehead atoms. The lowest BCUT2D eigenvalue weighted by Gasteiger charge is -2.44. The summed E-state index contributed by atoms with van der Waals surface area (Å²) in [6.45, 7) is 8.61. The molecule has 1 N–H and O–H groups in total. The fourth-order valence-electron chi connectivity index (χ4n) is 5.18. The van der Waals surface area contributed by atoms with E-state index in [2.05, 4.69) is 33.1 Å². The summed E-state index contributed by atoms with van der Waals surface area (Å²) < 4.78 is 0. The molecule has 2 aliphatic rings. The summed E-state index contributed by atoms with van der Waals surface area (Å²) in [7, 11) is 2.13. The fourth-order valence-corrected chi connectivity index (χ4v) is 5.18. The van der Waals surface area contributed by atoms with Crippen LogP contribution in [-0.2, 0) is 0 Å². The number of hydrogen-bond acceptors (Lipinski definition) is 1. The molecule has 0 aromatic rings. The quantitative estimate of drug-likeness (QED) is 0.775. The van der Waals surface area contributed by atoms with Gasteiger partial charge < -0.3 is 5.32 Å². The zero-order valence-corrected chi connectivity index (χ0v) is 13.6. The van der Waals surface area contributed by atoms with Crippen LogP contribution in [0.2, 0.25) is 0 Å². The minimum atomic E-state index is 0.954. The Bertz CT molecular complexity index is 252. The van der Waals surface area contributed by atoms with Gasteiger partial charge in [0.05, 0.1) is 0 Å². The van der Waals surface area contributed by atoms with E-state index < -0.39 is 0 Å². The molecule has 0 spiro atoms. The van der Waals surface area contributed by atoms with Gasteiger partial charge >= 0.3 is 0 Å². The Balaban J connectivity index is 2.03. The second-order valence-electron chi connectivity index (χ2n) is 7.75. The molecule has 2 fully saturated rings. The highest BCUT2D eigenvalue weighted by Gasteiger charge is 2.37. The molecule has 1 heteroatoms. The minimum absolute atomic E-state index is 0.954. The molecule has 1 nitrogen and oxygen atoms in total. The second-order valence-corrected chi connectivity index (χ2v) is 7.75. The van der Waals surface area contributed by atoms with Gasteiger partial charge in [0.25, 0.3) is 0 Å². The molecule has 0 aromatic carbocycles. The summed E-state index contributed by atoms with van der Waals surface area (Å²) >= 11 is 0. The molecule has 19 heavy (non-hydrogen) atoms. The van der Waals surface area contributed by atoms with Gasteiger partial charge in [-0.2, -0.15) is 0 Å². The first-order valence-corrected chi connectivity index (χ1v) is 8.78. The highest BCUT2D eigenvalue weighted by Crippen LogP contribution is 2.46. The molecule has 0 saturated heterocycles. The molecule has 0 radical (unpaired) electrons. The van der Waals surface area contributed by atoms with E-state index in [0.717, 1.165) is 35.5 Å². The standard InChI is InChI=1S/C18H35N/c1-5-15-6-7-16(12-19-4)18(11-15)17-9-13(2)8-14(3)10-17/h13-19H,5-12H2,1-4H3. The van der Waals surface area contributed by atoms with Crippen LogP contribution in [0.4, 0.5) is 0 Å². The van der Waals surface area contributed by atoms with Crippen LogP contribution in [0.5, 0.6) is 0 Å². The number of hydrogen-bond donors (Lipinski definition) is 1. The molecule has 0 heterocycles. The lowest BCUT2D eigenvalue weighted by atomic mass is 9.62. The average Bonchev–Trinajstić information content (AvgIpc) is 2.38. The highest BCUT2D eigenvalue weighted by atomic mass is 14.8. The van der Waals surface area contributed by atoms with Crippen molar-refractivity contribution in [2.45, 2.75) is 65.7 Å². The van der Waals surface area contributed by atoms with Crippen LogP contribution >= 0.6 is 0 Å². The summed E-state index contributed by atoms with van der Waals surface area (Å²) in [5.41, 5.74) is 0. The Morgan fingerprint density at radius 1 is 0.947 bits per heavy atom. The van der Waals surface area contributed by atoms with Crippen LogP contribution in [0.3, 0.4) is 0 Å². The van der Waals surface area contributed by atoms with E-state index in [1.807, 2.05) is 0 Å². The van der Waals surface area contributed by atoms with E-state index in [0.29, 0.717) is 0 Å². The van der Waals surface area contributed by atoms with Crippen LogP contribution < -0.4 is 5.32 Å². The monoisotopic (exact) mass is 265 g/mol. The van der Waals surface area contributed by atoms with Crippen molar-refractivity contribution in [1.29, 1.82) is 0 Å². The van der Waals surface area contributed by atoms with Crippen molar-refractivity contribution >= 4 is 0 Å². The fraction of sp³-hybridized carbons (Fsp3) is 1.00. The van der Waals surface area contributed by atoms with Crippen molar-refractivity contribution < 1.29 is 0 Å². The van der Waals surface area contributed by atoms with Crippen molar-refractivity contribution in [2.24, 2.45) is 35.5 Å². The van der Waals surface area contributed by atoms with E-state index in [9.17, 15) is 0 Å². The first kappa shape index (κ1) is 15.4. The first-order valence-electron chi connectivity index (χ1n) is 8.78. The minimum Gasteiger partial charge on any atom is -0.319 e. The molecule has 0 aromatic heterocycles. The van der Waals surface area contributed by atoms with Gasteiger partial charge in [-0.25, -0.2) is 0 Å². The van der Waals surface area contributed by atoms with Crippen LogP contribution in [-0.4, -0.2) is 13.6 Å². The van der Waals surface area contributed by atoms with Crippen molar-refractivity contribution in [1.82, 2.24) is 5.32 Å². The Morgan fingerprint density at radius 2 is 1.63 bits per heavy atom. The Kier molecular flexibility index (Phi) is 5.74. The van der Waals surface area contributed by atoms with Gasteiger partial charge in [0.15, 0.2) is 0 Å². The van der Waals surface area contributed by atoms with Crippen LogP contribution in [0.1, 0.15) is 65.7 Å². The van der Waals surface area contributed by atoms with Gasteiger partial charge in [0, 0.05) is 0 Å². The Morgan fingerprint density at radius 3 is 2.21 bits per heavy atom. The van der Waals surface area contributed by atoms with Gasteiger partial charge in [0.1, 0.15) is 0 Å². The van der Waals surface area contributed by atoms with Crippen molar-refractivity contribution in [2.75, 3.05) is 13.6 Å². The van der Waals surface area contributed by atoms with Gasteiger partial charge in [-0.1, -0.05) is 33.6 Å². The molecule has 2 rings (SSSR count). The van der Waals surface area contributed by atoms with E-state index in [1.165, 1.54) is 51.5 Å². The van der Waals surface area contributed by atoms with Crippen molar-refractivity contribution in [3.05, 3.63) is 0 Å². The molecule has 112 valence electrons. The van der Waals surface area contributed by atoms with Crippen LogP contribution in [0.25, 0.3) is 0 Å². The van der Waals surface area contributed by atoms with E-state index in [-0.39, 0.29) is 0 Å². The molecule has 2 saturated carbocycles. The maximum Gasteiger partial charge on any atom is -0.00208 e. The third kappa shape index (κ3) is 3.97. The van der Waals surface area contributed by atoms with Crippen molar-refractivity contribution in [3.8, 4) is 0 Å². The average molecular weight is 265 g/mol. The summed E-state index contributed by atoms with van der Waals surface area (Å²) in [6.07, 6.45) is 10.4. The van der Waals surface area contributed by atoms with Gasteiger partial charge in [-0.15, -0.1) is 0 Å². The molecule has 0 aliphatic heterocycles. The SMILES string of the molecule is CCC1CCC(CNC)C(C2CC(C)CC(C)C2)C1. The lowest BCUT2D eigenvalue weighted by molar-refractivity contribution is 0.0658. The summed E-state index contributed by atoms with van der Waals surface area (Å²) in [5, 5.41) is 3.46.